The zero-order valence-corrected chi connectivity index (χ0v) is 19.5. The zero-order valence-electron chi connectivity index (χ0n) is 18.7. The number of hydrogen-bond acceptors (Lipinski definition) is 5. The summed E-state index contributed by atoms with van der Waals surface area (Å²) in [5.74, 6) is -0.0926. The van der Waals surface area contributed by atoms with E-state index in [9.17, 15) is 17.6 Å². The number of piperazine rings is 1. The molecule has 0 saturated carbocycles. The van der Waals surface area contributed by atoms with Gasteiger partial charge in [0, 0.05) is 38.4 Å². The summed E-state index contributed by atoms with van der Waals surface area (Å²) < 4.78 is 41.1. The number of carbonyl (C=O) groups excluding carboxylic acids is 1. The van der Waals surface area contributed by atoms with Crippen LogP contribution in [-0.2, 0) is 10.0 Å². The predicted molar refractivity (Wildman–Crippen MR) is 123 cm³/mol. The van der Waals surface area contributed by atoms with Gasteiger partial charge in [-0.15, -0.1) is 0 Å². The van der Waals surface area contributed by atoms with Gasteiger partial charge in [0.25, 0.3) is 5.91 Å². The fourth-order valence-electron chi connectivity index (χ4n) is 4.61. The molecule has 172 valence electrons. The Bertz CT molecular complexity index is 1130. The summed E-state index contributed by atoms with van der Waals surface area (Å²) in [6.07, 6.45) is 3.02. The maximum Gasteiger partial charge on any atom is 0.256 e. The Hall–Kier alpha value is -2.68. The van der Waals surface area contributed by atoms with Crippen LogP contribution < -0.4 is 9.21 Å². The monoisotopic (exact) mass is 460 g/mol. The molecule has 4 rings (SSSR count). The maximum absolute atomic E-state index is 14.9. The van der Waals surface area contributed by atoms with E-state index in [0.29, 0.717) is 39.0 Å². The number of benzene rings is 1. The molecule has 0 unspecified atom stereocenters. The summed E-state index contributed by atoms with van der Waals surface area (Å²) in [5.41, 5.74) is 2.45. The molecule has 2 fully saturated rings. The zero-order chi connectivity index (χ0) is 23.0. The first-order chi connectivity index (χ1) is 15.2. The second kappa shape index (κ2) is 8.69. The van der Waals surface area contributed by atoms with Crippen LogP contribution in [-0.4, -0.2) is 62.2 Å². The van der Waals surface area contributed by atoms with E-state index in [1.165, 1.54) is 22.5 Å². The molecule has 32 heavy (non-hydrogen) atoms. The lowest BCUT2D eigenvalue weighted by molar-refractivity contribution is 0.0742. The number of halogens is 1. The average Bonchev–Trinajstić information content (AvgIpc) is 3.07. The number of rotatable bonds is 4. The molecule has 9 heteroatoms. The lowest BCUT2D eigenvalue weighted by Crippen LogP contribution is -2.49. The highest BCUT2D eigenvalue weighted by atomic mass is 32.2. The van der Waals surface area contributed by atoms with E-state index in [0.717, 1.165) is 16.9 Å². The van der Waals surface area contributed by atoms with Crippen LogP contribution >= 0.6 is 0 Å². The van der Waals surface area contributed by atoms with Crippen molar-refractivity contribution in [3.63, 3.8) is 0 Å². The number of amides is 1. The van der Waals surface area contributed by atoms with Crippen molar-refractivity contribution in [2.24, 2.45) is 0 Å². The molecule has 2 aliphatic heterocycles. The summed E-state index contributed by atoms with van der Waals surface area (Å²) in [6, 6.07) is 6.03. The molecule has 0 N–H and O–H groups in total. The van der Waals surface area contributed by atoms with E-state index in [4.69, 9.17) is 0 Å². The molecule has 1 atom stereocenters. The second-order valence-electron chi connectivity index (χ2n) is 8.56. The Kier molecular flexibility index (Phi) is 6.11. The third kappa shape index (κ3) is 4.18. The number of sulfonamides is 1. The number of hydrogen-bond donors (Lipinski definition) is 0. The molecule has 0 radical (unpaired) electrons. The molecule has 1 aromatic heterocycles. The average molecular weight is 461 g/mol. The van der Waals surface area contributed by atoms with Gasteiger partial charge in [-0.25, -0.2) is 17.8 Å². The van der Waals surface area contributed by atoms with Crippen LogP contribution in [0.4, 0.5) is 15.9 Å². The van der Waals surface area contributed by atoms with Gasteiger partial charge in [-0.1, -0.05) is 13.0 Å². The highest BCUT2D eigenvalue weighted by molar-refractivity contribution is 7.93. The first kappa shape index (κ1) is 22.5. The van der Waals surface area contributed by atoms with Gasteiger partial charge in [-0.3, -0.25) is 9.10 Å². The van der Waals surface area contributed by atoms with Crippen LogP contribution in [0.25, 0.3) is 0 Å². The van der Waals surface area contributed by atoms with Crippen molar-refractivity contribution >= 4 is 27.4 Å². The number of aromatic nitrogens is 1. The Morgan fingerprint density at radius 1 is 1.16 bits per heavy atom. The van der Waals surface area contributed by atoms with Crippen molar-refractivity contribution in [1.82, 2.24) is 9.88 Å². The molecule has 2 aromatic rings. The standard InChI is InChI=1S/C23H29FN4O3S/c1-4-18-7-12-32(30,31)28(18)19-5-6-20(21(24)14-19)23(29)27-10-8-26(9-11-27)22-17(3)13-16(2)15-25-22/h5-6,13-15,18H,4,7-12H2,1-3H3/t18-/m1/s1. The quantitative estimate of drug-likeness (QED) is 0.701. The van der Waals surface area contributed by atoms with Crippen molar-refractivity contribution in [3.05, 3.63) is 53.0 Å². The van der Waals surface area contributed by atoms with Crippen LogP contribution in [0.5, 0.6) is 0 Å². The topological polar surface area (TPSA) is 73.8 Å². The van der Waals surface area contributed by atoms with Crippen molar-refractivity contribution < 1.29 is 17.6 Å². The number of aryl methyl sites for hydroxylation is 2. The summed E-state index contributed by atoms with van der Waals surface area (Å²) >= 11 is 0. The third-order valence-electron chi connectivity index (χ3n) is 6.30. The van der Waals surface area contributed by atoms with E-state index >= 15 is 0 Å². The minimum Gasteiger partial charge on any atom is -0.353 e. The van der Waals surface area contributed by atoms with Gasteiger partial charge in [0.15, 0.2) is 0 Å². The normalized spacial score (nSPS) is 20.6. The van der Waals surface area contributed by atoms with Crippen molar-refractivity contribution in [2.45, 2.75) is 39.7 Å². The largest absolute Gasteiger partial charge is 0.353 e. The van der Waals surface area contributed by atoms with E-state index < -0.39 is 15.8 Å². The summed E-state index contributed by atoms with van der Waals surface area (Å²) in [6.45, 7) is 8.11. The first-order valence-electron chi connectivity index (χ1n) is 11.0. The molecule has 3 heterocycles. The number of pyridine rings is 1. The van der Waals surface area contributed by atoms with Gasteiger partial charge >= 0.3 is 0 Å². The molecular weight excluding hydrogens is 431 g/mol. The Balaban J connectivity index is 1.47. The minimum atomic E-state index is -3.45. The molecule has 1 aromatic carbocycles. The molecular formula is C23H29FN4O3S. The van der Waals surface area contributed by atoms with Crippen LogP contribution in [0.3, 0.4) is 0 Å². The lowest BCUT2D eigenvalue weighted by atomic mass is 10.1. The Morgan fingerprint density at radius 3 is 2.50 bits per heavy atom. The molecule has 1 amide bonds. The Morgan fingerprint density at radius 2 is 1.88 bits per heavy atom. The SMILES string of the molecule is CC[C@@H]1CCS(=O)(=O)N1c1ccc(C(=O)N2CCN(c3ncc(C)cc3C)CC2)c(F)c1. The van der Waals surface area contributed by atoms with Crippen LogP contribution in [0.1, 0.15) is 41.3 Å². The van der Waals surface area contributed by atoms with E-state index in [1.807, 2.05) is 27.0 Å². The lowest BCUT2D eigenvalue weighted by Gasteiger charge is -2.36. The van der Waals surface area contributed by atoms with Crippen LogP contribution in [0.2, 0.25) is 0 Å². The number of nitrogens with zero attached hydrogens (tertiary/aromatic N) is 4. The molecule has 0 aliphatic carbocycles. The molecule has 2 aliphatic rings. The van der Waals surface area contributed by atoms with Crippen molar-refractivity contribution in [2.75, 3.05) is 41.1 Å². The fourth-order valence-corrected chi connectivity index (χ4v) is 6.52. The van der Waals surface area contributed by atoms with E-state index in [-0.39, 0.29) is 29.0 Å². The van der Waals surface area contributed by atoms with Gasteiger partial charge < -0.3 is 9.80 Å². The third-order valence-corrected chi connectivity index (χ3v) is 8.16. The van der Waals surface area contributed by atoms with Crippen molar-refractivity contribution in [1.29, 1.82) is 0 Å². The second-order valence-corrected chi connectivity index (χ2v) is 10.5. The summed E-state index contributed by atoms with van der Waals surface area (Å²) in [5, 5.41) is 0. The summed E-state index contributed by atoms with van der Waals surface area (Å²) in [7, 11) is -3.45. The first-order valence-corrected chi connectivity index (χ1v) is 12.6. The molecule has 2 saturated heterocycles. The van der Waals surface area contributed by atoms with Gasteiger partial charge in [-0.2, -0.15) is 0 Å². The smallest absolute Gasteiger partial charge is 0.256 e. The Labute approximate surface area is 188 Å². The van der Waals surface area contributed by atoms with E-state index in [2.05, 4.69) is 16.0 Å². The van der Waals surface area contributed by atoms with Crippen LogP contribution in [0.15, 0.2) is 30.5 Å². The van der Waals surface area contributed by atoms with Crippen molar-refractivity contribution in [3.8, 4) is 0 Å². The fraction of sp³-hybridized carbons (Fsp3) is 0.478. The van der Waals surface area contributed by atoms with Crippen LogP contribution in [0, 0.1) is 19.7 Å². The highest BCUT2D eigenvalue weighted by Crippen LogP contribution is 2.32. The van der Waals surface area contributed by atoms with Gasteiger partial charge in [0.05, 0.1) is 17.0 Å². The minimum absolute atomic E-state index is 0.0310. The molecule has 0 spiro atoms. The molecule has 0 bridgehead atoms. The highest BCUT2D eigenvalue weighted by Gasteiger charge is 2.37. The maximum atomic E-state index is 14.9. The van der Waals surface area contributed by atoms with E-state index in [1.54, 1.807) is 4.90 Å². The predicted octanol–water partition coefficient (Wildman–Crippen LogP) is 3.12. The van der Waals surface area contributed by atoms with Gasteiger partial charge in [-0.05, 0) is 56.0 Å². The summed E-state index contributed by atoms with van der Waals surface area (Å²) in [4.78, 5) is 21.3. The number of carbonyl (C=O) groups is 1. The number of anilines is 2. The van der Waals surface area contributed by atoms with Gasteiger partial charge in [0.1, 0.15) is 11.6 Å². The molecule has 7 nitrogen and oxygen atoms in total. The van der Waals surface area contributed by atoms with Gasteiger partial charge in [0.2, 0.25) is 10.0 Å².